The maximum Gasteiger partial charge on any atom is 0.253 e. The quantitative estimate of drug-likeness (QED) is 0.186. The molecule has 0 heterocycles. The molecule has 0 aromatic heterocycles. The molecular weight excluding hydrogens is 483 g/mol. The minimum absolute atomic E-state index is 0. The smallest absolute Gasteiger partial charge is 0.253 e. The number of halogens is 1. The number of benzene rings is 2. The molecule has 2 aromatic carbocycles. The highest BCUT2D eigenvalue weighted by molar-refractivity contribution is 14.0. The van der Waals surface area contributed by atoms with Crippen LogP contribution in [-0.4, -0.2) is 50.2 Å². The molecule has 0 aliphatic carbocycles. The summed E-state index contributed by atoms with van der Waals surface area (Å²) < 4.78 is 0. The van der Waals surface area contributed by atoms with Crippen molar-refractivity contribution < 1.29 is 4.79 Å². The molecule has 0 bridgehead atoms. The van der Waals surface area contributed by atoms with E-state index in [9.17, 15) is 4.79 Å². The highest BCUT2D eigenvalue weighted by Crippen LogP contribution is 2.17. The number of rotatable bonds is 8. The van der Waals surface area contributed by atoms with Gasteiger partial charge in [-0.05, 0) is 42.0 Å². The predicted octanol–water partition coefficient (Wildman–Crippen LogP) is 3.85. The normalized spacial score (nSPS) is 10.8. The van der Waals surface area contributed by atoms with Gasteiger partial charge in [-0.1, -0.05) is 30.3 Å². The second kappa shape index (κ2) is 13.4. The van der Waals surface area contributed by atoms with Crippen molar-refractivity contribution in [2.45, 2.75) is 17.9 Å². The largest absolute Gasteiger partial charge is 0.356 e. The van der Waals surface area contributed by atoms with E-state index in [1.807, 2.05) is 42.1 Å². The number of aliphatic imine (C=N–C) groups is 1. The Kier molecular flexibility index (Phi) is 11.7. The van der Waals surface area contributed by atoms with Crippen LogP contribution in [0, 0.1) is 0 Å². The van der Waals surface area contributed by atoms with Crippen molar-refractivity contribution in [1.29, 1.82) is 0 Å². The lowest BCUT2D eigenvalue weighted by molar-refractivity contribution is 0.0827. The summed E-state index contributed by atoms with van der Waals surface area (Å²) in [6.45, 7) is 1.53. The molecule has 0 unspecified atom stereocenters. The summed E-state index contributed by atoms with van der Waals surface area (Å²) in [6, 6.07) is 18.1. The fourth-order valence-corrected chi connectivity index (χ4v) is 3.29. The van der Waals surface area contributed by atoms with E-state index in [0.29, 0.717) is 12.1 Å². The number of carbonyl (C=O) groups is 1. The highest BCUT2D eigenvalue weighted by Gasteiger charge is 2.07. The van der Waals surface area contributed by atoms with Crippen LogP contribution in [0.1, 0.15) is 22.3 Å². The van der Waals surface area contributed by atoms with E-state index in [-0.39, 0.29) is 29.9 Å². The molecule has 0 radical (unpaired) electrons. The van der Waals surface area contributed by atoms with Crippen LogP contribution < -0.4 is 10.6 Å². The molecule has 0 aliphatic heterocycles. The zero-order valence-electron chi connectivity index (χ0n) is 16.6. The molecule has 2 N–H and O–H groups in total. The molecule has 2 rings (SSSR count). The molecule has 0 atom stereocenters. The Morgan fingerprint density at radius 1 is 1.04 bits per heavy atom. The number of hydrogen-bond donors (Lipinski definition) is 2. The Morgan fingerprint density at radius 3 is 2.32 bits per heavy atom. The van der Waals surface area contributed by atoms with Crippen LogP contribution in [0.15, 0.2) is 64.5 Å². The van der Waals surface area contributed by atoms with Gasteiger partial charge in [0.05, 0.1) is 0 Å². The lowest BCUT2D eigenvalue weighted by atomic mass is 10.1. The van der Waals surface area contributed by atoms with E-state index in [2.05, 4.69) is 39.9 Å². The maximum absolute atomic E-state index is 11.9. The van der Waals surface area contributed by atoms with Gasteiger partial charge >= 0.3 is 0 Å². The Labute approximate surface area is 189 Å². The molecule has 0 aliphatic rings. The van der Waals surface area contributed by atoms with Gasteiger partial charge < -0.3 is 15.5 Å². The van der Waals surface area contributed by atoms with E-state index < -0.39 is 0 Å². The van der Waals surface area contributed by atoms with Gasteiger partial charge in [-0.25, -0.2) is 0 Å². The van der Waals surface area contributed by atoms with E-state index in [0.717, 1.165) is 30.2 Å². The van der Waals surface area contributed by atoms with Crippen molar-refractivity contribution >= 4 is 47.6 Å². The third-order valence-electron chi connectivity index (χ3n) is 3.92. The third kappa shape index (κ3) is 8.52. The summed E-state index contributed by atoms with van der Waals surface area (Å²) >= 11 is 1.86. The summed E-state index contributed by atoms with van der Waals surface area (Å²) in [6.07, 6.45) is 1.06. The number of nitrogens with one attached hydrogen (secondary N) is 2. The standard InChI is InChI=1S/C21H28N4OS.HI/c1-22-21(23-14-7-15-27-19-8-5-4-6-9-19)24-16-17-10-12-18(13-11-17)20(26)25(2)3;/h4-6,8-13H,7,14-16H2,1-3H3,(H2,22,23,24);1H. The number of nitrogens with zero attached hydrogens (tertiary/aromatic N) is 2. The average molecular weight is 512 g/mol. The molecule has 2 aromatic rings. The fraction of sp³-hybridized carbons (Fsp3) is 0.333. The highest BCUT2D eigenvalue weighted by atomic mass is 127. The fourth-order valence-electron chi connectivity index (χ4n) is 2.42. The molecule has 0 saturated carbocycles. The molecule has 1 amide bonds. The summed E-state index contributed by atoms with van der Waals surface area (Å²) in [5, 5.41) is 6.64. The molecule has 5 nitrogen and oxygen atoms in total. The summed E-state index contributed by atoms with van der Waals surface area (Å²) in [5.74, 6) is 1.86. The Morgan fingerprint density at radius 2 is 1.71 bits per heavy atom. The van der Waals surface area contributed by atoms with Crippen molar-refractivity contribution in [3.05, 3.63) is 65.7 Å². The van der Waals surface area contributed by atoms with Gasteiger partial charge in [0, 0.05) is 44.7 Å². The summed E-state index contributed by atoms with van der Waals surface area (Å²) in [4.78, 5) is 19.0. The van der Waals surface area contributed by atoms with Gasteiger partial charge in [-0.15, -0.1) is 35.7 Å². The molecule has 7 heteroatoms. The molecule has 152 valence electrons. The predicted molar refractivity (Wildman–Crippen MR) is 130 cm³/mol. The van der Waals surface area contributed by atoms with E-state index >= 15 is 0 Å². The maximum atomic E-state index is 11.9. The van der Waals surface area contributed by atoms with Crippen LogP contribution in [-0.2, 0) is 6.54 Å². The van der Waals surface area contributed by atoms with Crippen molar-refractivity contribution in [3.8, 4) is 0 Å². The minimum atomic E-state index is 0. The average Bonchev–Trinajstić information content (AvgIpc) is 2.70. The summed E-state index contributed by atoms with van der Waals surface area (Å²) in [7, 11) is 5.28. The Bertz CT molecular complexity index is 736. The molecular formula is C21H29IN4OS. The Balaban J connectivity index is 0.00000392. The van der Waals surface area contributed by atoms with E-state index in [4.69, 9.17) is 0 Å². The van der Waals surface area contributed by atoms with Crippen LogP contribution in [0.5, 0.6) is 0 Å². The van der Waals surface area contributed by atoms with E-state index in [1.165, 1.54) is 4.90 Å². The third-order valence-corrected chi connectivity index (χ3v) is 5.01. The number of carbonyl (C=O) groups excluding carboxylic acids is 1. The van der Waals surface area contributed by atoms with Crippen LogP contribution in [0.2, 0.25) is 0 Å². The molecule has 0 saturated heterocycles. The van der Waals surface area contributed by atoms with Crippen LogP contribution in [0.4, 0.5) is 0 Å². The van der Waals surface area contributed by atoms with Gasteiger partial charge in [0.25, 0.3) is 5.91 Å². The van der Waals surface area contributed by atoms with Crippen molar-refractivity contribution in [2.24, 2.45) is 4.99 Å². The first-order valence-electron chi connectivity index (χ1n) is 9.03. The zero-order valence-corrected chi connectivity index (χ0v) is 19.8. The van der Waals surface area contributed by atoms with Crippen LogP contribution >= 0.6 is 35.7 Å². The first kappa shape index (κ1) is 24.3. The van der Waals surface area contributed by atoms with E-state index in [1.54, 1.807) is 26.0 Å². The molecule has 0 fully saturated rings. The first-order valence-corrected chi connectivity index (χ1v) is 10.0. The van der Waals surface area contributed by atoms with Gasteiger partial charge in [0.15, 0.2) is 5.96 Å². The number of guanidine groups is 1. The topological polar surface area (TPSA) is 56.7 Å². The van der Waals surface area contributed by atoms with Crippen molar-refractivity contribution in [1.82, 2.24) is 15.5 Å². The van der Waals surface area contributed by atoms with Gasteiger partial charge in [-0.2, -0.15) is 0 Å². The lowest BCUT2D eigenvalue weighted by Gasteiger charge is -2.13. The first-order chi connectivity index (χ1) is 13.1. The second-order valence-electron chi connectivity index (χ2n) is 6.26. The van der Waals surface area contributed by atoms with Crippen molar-refractivity contribution in [3.63, 3.8) is 0 Å². The van der Waals surface area contributed by atoms with Gasteiger partial charge in [0.2, 0.25) is 0 Å². The number of thioether (sulfide) groups is 1. The second-order valence-corrected chi connectivity index (χ2v) is 7.43. The van der Waals surface area contributed by atoms with Gasteiger partial charge in [0.1, 0.15) is 0 Å². The zero-order chi connectivity index (χ0) is 19.5. The SMILES string of the molecule is CN=C(NCCCSc1ccccc1)NCc1ccc(C(=O)N(C)C)cc1.I. The van der Waals surface area contributed by atoms with Crippen molar-refractivity contribution in [2.75, 3.05) is 33.4 Å². The molecule has 28 heavy (non-hydrogen) atoms. The monoisotopic (exact) mass is 512 g/mol. The van der Waals surface area contributed by atoms with Gasteiger partial charge in [-0.3, -0.25) is 9.79 Å². The minimum Gasteiger partial charge on any atom is -0.356 e. The number of amides is 1. The molecule has 0 spiro atoms. The van der Waals surface area contributed by atoms with Crippen LogP contribution in [0.3, 0.4) is 0 Å². The Hall–Kier alpha value is -1.74. The summed E-state index contributed by atoms with van der Waals surface area (Å²) in [5.41, 5.74) is 1.80. The number of hydrogen-bond acceptors (Lipinski definition) is 3. The van der Waals surface area contributed by atoms with Crippen LogP contribution in [0.25, 0.3) is 0 Å². The lowest BCUT2D eigenvalue weighted by Crippen LogP contribution is -2.37.